The zero-order valence-electron chi connectivity index (χ0n) is 5.98. The smallest absolute Gasteiger partial charge is 0.0350 e. The van der Waals surface area contributed by atoms with Crippen molar-refractivity contribution in [1.29, 1.82) is 0 Å². The van der Waals surface area contributed by atoms with E-state index in [0.717, 1.165) is 12.2 Å². The molecule has 2 rings (SSSR count). The van der Waals surface area contributed by atoms with Crippen molar-refractivity contribution < 1.29 is 0 Å². The highest BCUT2D eigenvalue weighted by Gasteiger charge is 2.17. The quantitative estimate of drug-likeness (QED) is 0.518. The number of hydrogen-bond donors (Lipinski definition) is 2. The van der Waals surface area contributed by atoms with Crippen LogP contribution in [0.3, 0.4) is 0 Å². The fourth-order valence-corrected chi connectivity index (χ4v) is 1.66. The van der Waals surface area contributed by atoms with Gasteiger partial charge in [-0.1, -0.05) is 0 Å². The molecule has 0 saturated carbocycles. The summed E-state index contributed by atoms with van der Waals surface area (Å²) >= 11 is 0. The molecule has 1 aliphatic heterocycles. The SMILES string of the molecule is NC1=CCNC2=C1CCC2. The van der Waals surface area contributed by atoms with Gasteiger partial charge >= 0.3 is 0 Å². The van der Waals surface area contributed by atoms with Crippen molar-refractivity contribution in [3.63, 3.8) is 0 Å². The fraction of sp³-hybridized carbons (Fsp3) is 0.500. The van der Waals surface area contributed by atoms with Crippen LogP contribution in [-0.4, -0.2) is 6.54 Å². The number of hydrogen-bond acceptors (Lipinski definition) is 2. The Morgan fingerprint density at radius 3 is 3.10 bits per heavy atom. The molecule has 10 heavy (non-hydrogen) atoms. The maximum absolute atomic E-state index is 5.78. The number of nitrogens with two attached hydrogens (primary N) is 1. The Hall–Kier alpha value is -0.920. The molecule has 2 nitrogen and oxygen atoms in total. The first kappa shape index (κ1) is 5.83. The van der Waals surface area contributed by atoms with Gasteiger partial charge in [0.25, 0.3) is 0 Å². The number of allylic oxidation sites excluding steroid dienone is 2. The van der Waals surface area contributed by atoms with Gasteiger partial charge in [0.2, 0.25) is 0 Å². The third-order valence-corrected chi connectivity index (χ3v) is 2.20. The summed E-state index contributed by atoms with van der Waals surface area (Å²) in [5.74, 6) is 0. The molecule has 0 unspecified atom stereocenters. The van der Waals surface area contributed by atoms with Gasteiger partial charge in [0.1, 0.15) is 0 Å². The van der Waals surface area contributed by atoms with Crippen LogP contribution >= 0.6 is 0 Å². The lowest BCUT2D eigenvalue weighted by Gasteiger charge is -2.14. The van der Waals surface area contributed by atoms with Crippen LogP contribution in [0.5, 0.6) is 0 Å². The van der Waals surface area contributed by atoms with Crippen LogP contribution in [0, 0.1) is 0 Å². The lowest BCUT2D eigenvalue weighted by Crippen LogP contribution is -2.20. The van der Waals surface area contributed by atoms with Crippen molar-refractivity contribution in [1.82, 2.24) is 5.32 Å². The Labute approximate surface area is 60.8 Å². The van der Waals surface area contributed by atoms with Crippen LogP contribution in [0.1, 0.15) is 19.3 Å². The van der Waals surface area contributed by atoms with E-state index in [-0.39, 0.29) is 0 Å². The van der Waals surface area contributed by atoms with Crippen LogP contribution < -0.4 is 11.1 Å². The minimum absolute atomic E-state index is 0.921. The summed E-state index contributed by atoms with van der Waals surface area (Å²) in [5, 5.41) is 3.33. The van der Waals surface area contributed by atoms with Crippen LogP contribution in [0.15, 0.2) is 23.0 Å². The number of nitrogens with one attached hydrogen (secondary N) is 1. The third-order valence-electron chi connectivity index (χ3n) is 2.20. The molecule has 0 aromatic carbocycles. The van der Waals surface area contributed by atoms with E-state index >= 15 is 0 Å². The molecule has 2 heteroatoms. The van der Waals surface area contributed by atoms with Crippen molar-refractivity contribution >= 4 is 0 Å². The maximum Gasteiger partial charge on any atom is 0.0350 e. The van der Waals surface area contributed by atoms with E-state index in [4.69, 9.17) is 5.73 Å². The normalized spacial score (nSPS) is 23.8. The Bertz CT molecular complexity index is 213. The van der Waals surface area contributed by atoms with Crippen molar-refractivity contribution in [2.75, 3.05) is 6.54 Å². The summed E-state index contributed by atoms with van der Waals surface area (Å²) in [7, 11) is 0. The minimum atomic E-state index is 0.921. The van der Waals surface area contributed by atoms with Crippen LogP contribution in [0.4, 0.5) is 0 Å². The maximum atomic E-state index is 5.78. The molecule has 0 aromatic heterocycles. The van der Waals surface area contributed by atoms with Crippen molar-refractivity contribution in [3.8, 4) is 0 Å². The molecule has 0 fully saturated rings. The summed E-state index contributed by atoms with van der Waals surface area (Å²) in [5.41, 5.74) is 9.54. The summed E-state index contributed by atoms with van der Waals surface area (Å²) in [6.45, 7) is 0.921. The number of rotatable bonds is 0. The van der Waals surface area contributed by atoms with E-state index in [1.165, 1.54) is 30.5 Å². The van der Waals surface area contributed by atoms with E-state index in [0.29, 0.717) is 0 Å². The fourth-order valence-electron chi connectivity index (χ4n) is 1.66. The van der Waals surface area contributed by atoms with Gasteiger partial charge in [-0.15, -0.1) is 0 Å². The van der Waals surface area contributed by atoms with Gasteiger partial charge in [0.05, 0.1) is 0 Å². The molecule has 0 bridgehead atoms. The monoisotopic (exact) mass is 136 g/mol. The van der Waals surface area contributed by atoms with Crippen molar-refractivity contribution in [2.24, 2.45) is 5.73 Å². The first-order valence-electron chi connectivity index (χ1n) is 3.80. The summed E-state index contributed by atoms with van der Waals surface area (Å²) in [6, 6.07) is 0. The van der Waals surface area contributed by atoms with Crippen LogP contribution in [-0.2, 0) is 0 Å². The lowest BCUT2D eigenvalue weighted by atomic mass is 10.1. The molecule has 0 radical (unpaired) electrons. The topological polar surface area (TPSA) is 38.0 Å². The third kappa shape index (κ3) is 0.719. The van der Waals surface area contributed by atoms with Gasteiger partial charge < -0.3 is 11.1 Å². The predicted molar refractivity (Wildman–Crippen MR) is 41.2 cm³/mol. The van der Waals surface area contributed by atoms with Gasteiger partial charge in [-0.05, 0) is 30.9 Å². The Morgan fingerprint density at radius 1 is 1.40 bits per heavy atom. The average Bonchev–Trinajstić information content (AvgIpc) is 2.36. The van der Waals surface area contributed by atoms with E-state index in [2.05, 4.69) is 11.4 Å². The largest absolute Gasteiger partial charge is 0.399 e. The van der Waals surface area contributed by atoms with Gasteiger partial charge in [-0.25, -0.2) is 0 Å². The second kappa shape index (κ2) is 2.04. The highest BCUT2D eigenvalue weighted by atomic mass is 14.9. The minimum Gasteiger partial charge on any atom is -0.399 e. The highest BCUT2D eigenvalue weighted by Crippen LogP contribution is 2.28. The Kier molecular flexibility index (Phi) is 1.19. The molecule has 3 N–H and O–H groups in total. The van der Waals surface area contributed by atoms with E-state index in [1.54, 1.807) is 0 Å². The molecule has 0 amide bonds. The Morgan fingerprint density at radius 2 is 2.30 bits per heavy atom. The molecule has 0 spiro atoms. The molecule has 2 aliphatic rings. The second-order valence-corrected chi connectivity index (χ2v) is 2.85. The molecule has 1 heterocycles. The number of dihydropyridines is 1. The molecule has 0 aromatic rings. The van der Waals surface area contributed by atoms with E-state index in [1.807, 2.05) is 0 Å². The molecular weight excluding hydrogens is 124 g/mol. The van der Waals surface area contributed by atoms with Crippen LogP contribution in [0.25, 0.3) is 0 Å². The summed E-state index contributed by atoms with van der Waals surface area (Å²) in [4.78, 5) is 0. The van der Waals surface area contributed by atoms with Gasteiger partial charge in [0.15, 0.2) is 0 Å². The average molecular weight is 136 g/mol. The zero-order chi connectivity index (χ0) is 6.97. The van der Waals surface area contributed by atoms with Gasteiger partial charge in [0, 0.05) is 17.9 Å². The van der Waals surface area contributed by atoms with Crippen molar-refractivity contribution in [2.45, 2.75) is 19.3 Å². The van der Waals surface area contributed by atoms with Gasteiger partial charge in [-0.3, -0.25) is 0 Å². The predicted octanol–water partition coefficient (Wildman–Crippen LogP) is 0.870. The van der Waals surface area contributed by atoms with Gasteiger partial charge in [-0.2, -0.15) is 0 Å². The summed E-state index contributed by atoms with van der Waals surface area (Å²) in [6.07, 6.45) is 5.70. The molecule has 1 aliphatic carbocycles. The van der Waals surface area contributed by atoms with E-state index < -0.39 is 0 Å². The second-order valence-electron chi connectivity index (χ2n) is 2.85. The highest BCUT2D eigenvalue weighted by molar-refractivity contribution is 5.38. The lowest BCUT2D eigenvalue weighted by molar-refractivity contribution is 0.810. The van der Waals surface area contributed by atoms with E-state index in [9.17, 15) is 0 Å². The molecule has 0 atom stereocenters. The van der Waals surface area contributed by atoms with Crippen LogP contribution in [0.2, 0.25) is 0 Å². The Balaban J connectivity index is 2.33. The first-order valence-corrected chi connectivity index (χ1v) is 3.80. The zero-order valence-corrected chi connectivity index (χ0v) is 5.98. The standard InChI is InChI=1S/C8H12N2/c9-7-4-5-10-8-3-1-2-6(7)8/h4,10H,1-3,5,9H2. The molecule has 0 saturated heterocycles. The summed E-state index contributed by atoms with van der Waals surface area (Å²) < 4.78 is 0. The molecule has 54 valence electrons. The molecular formula is C8H12N2. The first-order chi connectivity index (χ1) is 4.88. The van der Waals surface area contributed by atoms with Crippen molar-refractivity contribution in [3.05, 3.63) is 23.0 Å².